The first kappa shape index (κ1) is 15.6. The number of benzene rings is 2. The number of nitrogens with one attached hydrogen (secondary N) is 1. The van der Waals surface area contributed by atoms with E-state index >= 15 is 0 Å². The number of hydrogen-bond donors (Lipinski definition) is 1. The lowest BCUT2D eigenvalue weighted by Gasteiger charge is -2.18. The Bertz CT molecular complexity index is 760. The Morgan fingerprint density at radius 1 is 1.00 bits per heavy atom. The van der Waals surface area contributed by atoms with Crippen molar-refractivity contribution in [2.24, 2.45) is 0 Å². The lowest BCUT2D eigenvalue weighted by Crippen LogP contribution is -2.18. The van der Waals surface area contributed by atoms with Crippen LogP contribution in [0.2, 0.25) is 0 Å². The molecular weight excluding hydrogens is 296 g/mol. The Kier molecular flexibility index (Phi) is 4.39. The average Bonchev–Trinajstić information content (AvgIpc) is 2.43. The molecular formula is C15H15F2NO2S. The molecule has 1 unspecified atom stereocenters. The third-order valence-electron chi connectivity index (χ3n) is 3.19. The lowest BCUT2D eigenvalue weighted by atomic mass is 9.99. The number of hydrogen-bond acceptors (Lipinski definition) is 3. The van der Waals surface area contributed by atoms with Crippen molar-refractivity contribution in [3.05, 3.63) is 65.2 Å². The molecule has 2 aromatic rings. The van der Waals surface area contributed by atoms with E-state index in [0.29, 0.717) is 11.1 Å². The molecule has 2 aromatic carbocycles. The molecule has 1 atom stereocenters. The zero-order valence-electron chi connectivity index (χ0n) is 11.6. The smallest absolute Gasteiger partial charge is 0.175 e. The van der Waals surface area contributed by atoms with Gasteiger partial charge in [0.1, 0.15) is 0 Å². The highest BCUT2D eigenvalue weighted by atomic mass is 32.2. The Morgan fingerprint density at radius 3 is 2.24 bits per heavy atom. The van der Waals surface area contributed by atoms with Crippen molar-refractivity contribution in [3.63, 3.8) is 0 Å². The van der Waals surface area contributed by atoms with E-state index in [4.69, 9.17) is 0 Å². The number of halogens is 2. The third-order valence-corrected chi connectivity index (χ3v) is 4.30. The highest BCUT2D eigenvalue weighted by Gasteiger charge is 2.16. The largest absolute Gasteiger partial charge is 0.309 e. The molecule has 6 heteroatoms. The van der Waals surface area contributed by atoms with Crippen molar-refractivity contribution < 1.29 is 17.2 Å². The molecule has 2 rings (SSSR count). The molecule has 0 aliphatic rings. The van der Waals surface area contributed by atoms with Gasteiger partial charge in [0, 0.05) is 6.26 Å². The van der Waals surface area contributed by atoms with Crippen LogP contribution in [0, 0.1) is 11.6 Å². The Hall–Kier alpha value is -1.79. The second kappa shape index (κ2) is 5.91. The van der Waals surface area contributed by atoms with E-state index in [9.17, 15) is 17.2 Å². The molecule has 3 nitrogen and oxygen atoms in total. The number of rotatable bonds is 4. The first-order valence-corrected chi connectivity index (χ1v) is 8.14. The summed E-state index contributed by atoms with van der Waals surface area (Å²) in [5.41, 5.74) is 1.17. The van der Waals surface area contributed by atoms with Crippen molar-refractivity contribution in [1.82, 2.24) is 5.32 Å². The molecule has 0 aliphatic heterocycles. The van der Waals surface area contributed by atoms with E-state index in [1.165, 1.54) is 18.2 Å². The maximum Gasteiger partial charge on any atom is 0.175 e. The Morgan fingerprint density at radius 2 is 1.67 bits per heavy atom. The molecule has 0 fully saturated rings. The molecule has 0 heterocycles. The van der Waals surface area contributed by atoms with E-state index < -0.39 is 27.5 Å². The number of sulfone groups is 1. The van der Waals surface area contributed by atoms with Crippen LogP contribution in [0.15, 0.2) is 47.4 Å². The summed E-state index contributed by atoms with van der Waals surface area (Å²) in [6.45, 7) is 0. The molecule has 0 saturated heterocycles. The normalized spacial score (nSPS) is 13.1. The van der Waals surface area contributed by atoms with Gasteiger partial charge in [-0.2, -0.15) is 0 Å². The van der Waals surface area contributed by atoms with E-state index in [-0.39, 0.29) is 4.90 Å². The maximum absolute atomic E-state index is 13.4. The summed E-state index contributed by atoms with van der Waals surface area (Å²) in [5.74, 6) is -1.86. The van der Waals surface area contributed by atoms with Crippen molar-refractivity contribution in [2.45, 2.75) is 10.9 Å². The Balaban J connectivity index is 2.49. The molecule has 0 aromatic heterocycles. The predicted octanol–water partition coefficient (Wildman–Crippen LogP) is 2.68. The molecule has 1 N–H and O–H groups in total. The van der Waals surface area contributed by atoms with Gasteiger partial charge in [-0.3, -0.25) is 0 Å². The zero-order valence-corrected chi connectivity index (χ0v) is 12.4. The van der Waals surface area contributed by atoms with Crippen LogP contribution in [0.4, 0.5) is 8.78 Å². The summed E-state index contributed by atoms with van der Waals surface area (Å²) in [6.07, 6.45) is 1.12. The molecule has 0 bridgehead atoms. The summed E-state index contributed by atoms with van der Waals surface area (Å²) >= 11 is 0. The molecule has 0 saturated carbocycles. The fraction of sp³-hybridized carbons (Fsp3) is 0.200. The van der Waals surface area contributed by atoms with Crippen LogP contribution in [0.1, 0.15) is 17.2 Å². The van der Waals surface area contributed by atoms with E-state index in [0.717, 1.165) is 18.4 Å². The topological polar surface area (TPSA) is 46.2 Å². The fourth-order valence-corrected chi connectivity index (χ4v) is 2.82. The van der Waals surface area contributed by atoms with Gasteiger partial charge in [0.25, 0.3) is 0 Å². The van der Waals surface area contributed by atoms with Gasteiger partial charge in [-0.05, 0) is 42.4 Å². The van der Waals surface area contributed by atoms with Crippen LogP contribution in [-0.2, 0) is 9.84 Å². The molecule has 0 spiro atoms. The third kappa shape index (κ3) is 3.46. The summed E-state index contributed by atoms with van der Waals surface area (Å²) in [6, 6.07) is 9.56. The van der Waals surface area contributed by atoms with Crippen molar-refractivity contribution in [1.29, 1.82) is 0 Å². The fourth-order valence-electron chi connectivity index (χ4n) is 2.14. The average molecular weight is 311 g/mol. The SMILES string of the molecule is CNC(c1cccc(S(C)(=O)=O)c1)c1ccc(F)c(F)c1. The summed E-state index contributed by atoms with van der Waals surface area (Å²) in [5, 5.41) is 2.98. The van der Waals surface area contributed by atoms with Crippen molar-refractivity contribution in [3.8, 4) is 0 Å². The van der Waals surface area contributed by atoms with Gasteiger partial charge in [-0.1, -0.05) is 18.2 Å². The lowest BCUT2D eigenvalue weighted by molar-refractivity contribution is 0.505. The summed E-state index contributed by atoms with van der Waals surface area (Å²) < 4.78 is 49.6. The second-order valence-electron chi connectivity index (χ2n) is 4.74. The van der Waals surface area contributed by atoms with Gasteiger partial charge in [-0.25, -0.2) is 17.2 Å². The van der Waals surface area contributed by atoms with Gasteiger partial charge in [0.2, 0.25) is 0 Å². The standard InChI is InChI=1S/C15H15F2NO2S/c1-18-15(11-6-7-13(16)14(17)9-11)10-4-3-5-12(8-10)21(2,19)20/h3-9,15,18H,1-2H3. The van der Waals surface area contributed by atoms with Crippen LogP contribution in [0.25, 0.3) is 0 Å². The van der Waals surface area contributed by atoms with Crippen LogP contribution in [0.3, 0.4) is 0 Å². The first-order chi connectivity index (χ1) is 9.82. The molecule has 21 heavy (non-hydrogen) atoms. The minimum Gasteiger partial charge on any atom is -0.309 e. The predicted molar refractivity (Wildman–Crippen MR) is 76.8 cm³/mol. The summed E-state index contributed by atoms with van der Waals surface area (Å²) in [4.78, 5) is 0.183. The van der Waals surface area contributed by atoms with Crippen molar-refractivity contribution in [2.75, 3.05) is 13.3 Å². The van der Waals surface area contributed by atoms with Crippen LogP contribution < -0.4 is 5.32 Å². The molecule has 0 aliphatic carbocycles. The minimum absolute atomic E-state index is 0.183. The van der Waals surface area contributed by atoms with E-state index in [1.807, 2.05) is 0 Å². The van der Waals surface area contributed by atoms with Crippen molar-refractivity contribution >= 4 is 9.84 Å². The van der Waals surface area contributed by atoms with Gasteiger partial charge in [0.15, 0.2) is 21.5 Å². The second-order valence-corrected chi connectivity index (χ2v) is 6.76. The maximum atomic E-state index is 13.4. The van der Waals surface area contributed by atoms with Gasteiger partial charge in [0.05, 0.1) is 10.9 Å². The van der Waals surface area contributed by atoms with Crippen LogP contribution >= 0.6 is 0 Å². The minimum atomic E-state index is -3.33. The molecule has 0 amide bonds. The molecule has 112 valence electrons. The quantitative estimate of drug-likeness (QED) is 0.944. The van der Waals surface area contributed by atoms with Crippen LogP contribution in [-0.4, -0.2) is 21.7 Å². The molecule has 0 radical (unpaired) electrons. The first-order valence-electron chi connectivity index (χ1n) is 6.25. The van der Waals surface area contributed by atoms with E-state index in [2.05, 4.69) is 5.32 Å². The van der Waals surface area contributed by atoms with Gasteiger partial charge >= 0.3 is 0 Å². The Labute approximate surface area is 122 Å². The highest BCUT2D eigenvalue weighted by molar-refractivity contribution is 7.90. The van der Waals surface area contributed by atoms with Crippen LogP contribution in [0.5, 0.6) is 0 Å². The van der Waals surface area contributed by atoms with Gasteiger partial charge in [-0.15, -0.1) is 0 Å². The monoisotopic (exact) mass is 311 g/mol. The zero-order chi connectivity index (χ0) is 15.6. The van der Waals surface area contributed by atoms with Gasteiger partial charge < -0.3 is 5.32 Å². The highest BCUT2D eigenvalue weighted by Crippen LogP contribution is 2.25. The van der Waals surface area contributed by atoms with E-state index in [1.54, 1.807) is 19.2 Å². The summed E-state index contributed by atoms with van der Waals surface area (Å²) in [7, 11) is -1.66.